The minimum atomic E-state index is -5.05. The van der Waals surface area contributed by atoms with Crippen molar-refractivity contribution in [2.75, 3.05) is 13.1 Å². The standard InChI is InChI=1S/C29H32F6N2O3.ClH/c30-28(31,32)21-14-20(15-22(16-21)29(33,34)35)27(39)37-12-11-23(17-24(37)13-19-7-3-1-4-8-19)36-18-26(38)40-25-9-5-2-6-10-25;/h1,3-4,7-8,14-16,23-25,36H,2,5-6,9-13,17-18H2;1H/t23-,24+;/m0./s1. The molecule has 12 heteroatoms. The topological polar surface area (TPSA) is 58.6 Å². The molecule has 2 atom stereocenters. The zero-order valence-corrected chi connectivity index (χ0v) is 23.1. The van der Waals surface area contributed by atoms with Gasteiger partial charge >= 0.3 is 18.3 Å². The van der Waals surface area contributed by atoms with Crippen molar-refractivity contribution in [3.8, 4) is 0 Å². The van der Waals surface area contributed by atoms with Crippen LogP contribution < -0.4 is 5.32 Å². The van der Waals surface area contributed by atoms with E-state index in [1.165, 1.54) is 4.90 Å². The van der Waals surface area contributed by atoms with Crippen LogP contribution in [0.1, 0.15) is 72.0 Å². The molecule has 0 radical (unpaired) electrons. The second-order valence-electron chi connectivity index (χ2n) is 10.5. The Morgan fingerprint density at radius 2 is 1.49 bits per heavy atom. The average Bonchev–Trinajstić information content (AvgIpc) is 2.91. The van der Waals surface area contributed by atoms with Gasteiger partial charge in [-0.05, 0) is 68.7 Å². The molecule has 226 valence electrons. The molecule has 1 N–H and O–H groups in total. The van der Waals surface area contributed by atoms with Crippen LogP contribution in [0.25, 0.3) is 0 Å². The Hall–Kier alpha value is -2.79. The van der Waals surface area contributed by atoms with E-state index in [2.05, 4.69) is 5.32 Å². The highest BCUT2D eigenvalue weighted by atomic mass is 35.5. The number of carbonyl (C=O) groups excluding carboxylic acids is 2. The van der Waals surface area contributed by atoms with Crippen molar-refractivity contribution >= 4 is 24.3 Å². The van der Waals surface area contributed by atoms with Gasteiger partial charge in [0.25, 0.3) is 5.91 Å². The second-order valence-corrected chi connectivity index (χ2v) is 10.5. The zero-order valence-electron chi connectivity index (χ0n) is 22.3. The molecular weight excluding hydrogens is 574 g/mol. The minimum Gasteiger partial charge on any atom is -0.461 e. The molecule has 0 bridgehead atoms. The molecule has 1 amide bonds. The lowest BCUT2D eigenvalue weighted by molar-refractivity contribution is -0.149. The Morgan fingerprint density at radius 3 is 2.07 bits per heavy atom. The number of nitrogens with one attached hydrogen (secondary N) is 1. The first-order chi connectivity index (χ1) is 18.9. The Kier molecular flexibility index (Phi) is 11.1. The molecule has 1 aliphatic heterocycles. The second kappa shape index (κ2) is 13.9. The van der Waals surface area contributed by atoms with E-state index in [0.29, 0.717) is 31.4 Å². The summed E-state index contributed by atoms with van der Waals surface area (Å²) in [5.41, 5.74) is -2.86. The maximum atomic E-state index is 13.4. The molecule has 0 unspecified atom stereocenters. The van der Waals surface area contributed by atoms with Gasteiger partial charge in [0.1, 0.15) is 6.10 Å². The number of hydrogen-bond donors (Lipinski definition) is 1. The van der Waals surface area contributed by atoms with Crippen molar-refractivity contribution in [2.24, 2.45) is 0 Å². The van der Waals surface area contributed by atoms with Gasteiger partial charge in [0.2, 0.25) is 0 Å². The fraction of sp³-hybridized carbons (Fsp3) is 0.517. The summed E-state index contributed by atoms with van der Waals surface area (Å²) in [7, 11) is 0. The molecular formula is C29H33ClF6N2O3. The number of ether oxygens (including phenoxy) is 1. The molecule has 1 aliphatic carbocycles. The highest BCUT2D eigenvalue weighted by Crippen LogP contribution is 2.37. The largest absolute Gasteiger partial charge is 0.461 e. The number of carbonyl (C=O) groups is 2. The van der Waals surface area contributed by atoms with E-state index in [9.17, 15) is 35.9 Å². The van der Waals surface area contributed by atoms with Crippen molar-refractivity contribution in [3.05, 3.63) is 70.8 Å². The van der Waals surface area contributed by atoms with Crippen LogP contribution in [0, 0.1) is 0 Å². The number of esters is 1. The molecule has 41 heavy (non-hydrogen) atoms. The molecule has 2 fully saturated rings. The quantitative estimate of drug-likeness (QED) is 0.277. The first kappa shape index (κ1) is 32.7. The Balaban J connectivity index is 0.00000462. The predicted molar refractivity (Wildman–Crippen MR) is 143 cm³/mol. The van der Waals surface area contributed by atoms with Crippen molar-refractivity contribution < 1.29 is 40.7 Å². The van der Waals surface area contributed by atoms with Gasteiger partial charge in [-0.1, -0.05) is 36.8 Å². The number of halogens is 7. The summed E-state index contributed by atoms with van der Waals surface area (Å²) in [4.78, 5) is 27.2. The molecule has 5 nitrogen and oxygen atoms in total. The smallest absolute Gasteiger partial charge is 0.416 e. The van der Waals surface area contributed by atoms with Gasteiger partial charge < -0.3 is 15.0 Å². The number of nitrogens with zero attached hydrogens (tertiary/aromatic N) is 1. The summed E-state index contributed by atoms with van der Waals surface area (Å²) in [6, 6.07) is 9.38. The van der Waals surface area contributed by atoms with E-state index in [4.69, 9.17) is 4.74 Å². The number of hydrogen-bond acceptors (Lipinski definition) is 4. The summed E-state index contributed by atoms with van der Waals surface area (Å²) >= 11 is 0. The summed E-state index contributed by atoms with van der Waals surface area (Å²) in [5.74, 6) is -1.26. The predicted octanol–water partition coefficient (Wildman–Crippen LogP) is 6.83. The van der Waals surface area contributed by atoms with Crippen LogP contribution in [0.4, 0.5) is 26.3 Å². The molecule has 1 saturated carbocycles. The fourth-order valence-electron chi connectivity index (χ4n) is 5.47. The van der Waals surface area contributed by atoms with Crippen molar-refractivity contribution in [1.82, 2.24) is 10.2 Å². The lowest BCUT2D eigenvalue weighted by Gasteiger charge is -2.40. The Morgan fingerprint density at radius 1 is 0.878 bits per heavy atom. The van der Waals surface area contributed by atoms with Crippen molar-refractivity contribution in [3.63, 3.8) is 0 Å². The number of likely N-dealkylation sites (tertiary alicyclic amines) is 1. The zero-order chi connectivity index (χ0) is 28.9. The maximum Gasteiger partial charge on any atom is 0.416 e. The average molecular weight is 607 g/mol. The van der Waals surface area contributed by atoms with E-state index < -0.39 is 41.0 Å². The van der Waals surface area contributed by atoms with E-state index in [0.717, 1.165) is 37.7 Å². The van der Waals surface area contributed by atoms with Crippen LogP contribution in [-0.2, 0) is 28.3 Å². The van der Waals surface area contributed by atoms with E-state index >= 15 is 0 Å². The Bertz CT molecular complexity index is 1140. The van der Waals surface area contributed by atoms with E-state index in [-0.39, 0.29) is 49.7 Å². The number of rotatable bonds is 7. The minimum absolute atomic E-state index is 0. The van der Waals surface area contributed by atoms with Gasteiger partial charge in [0, 0.05) is 24.2 Å². The molecule has 1 saturated heterocycles. The summed E-state index contributed by atoms with van der Waals surface area (Å²) in [5, 5.41) is 3.17. The molecule has 2 aromatic carbocycles. The maximum absolute atomic E-state index is 13.4. The third-order valence-corrected chi connectivity index (χ3v) is 7.51. The summed E-state index contributed by atoms with van der Waals surface area (Å²) in [6.45, 7) is 0.0824. The highest BCUT2D eigenvalue weighted by molar-refractivity contribution is 5.95. The van der Waals surface area contributed by atoms with Gasteiger partial charge in [-0.2, -0.15) is 26.3 Å². The number of alkyl halides is 6. The van der Waals surface area contributed by atoms with Crippen LogP contribution in [-0.4, -0.2) is 48.1 Å². The third-order valence-electron chi connectivity index (χ3n) is 7.51. The highest BCUT2D eigenvalue weighted by Gasteiger charge is 2.39. The van der Waals surface area contributed by atoms with Crippen molar-refractivity contribution in [2.45, 2.75) is 81.9 Å². The lowest BCUT2D eigenvalue weighted by atomic mass is 9.91. The summed E-state index contributed by atoms with van der Waals surface area (Å²) < 4.78 is 86.1. The summed E-state index contributed by atoms with van der Waals surface area (Å²) in [6.07, 6.45) is -4.24. The van der Waals surface area contributed by atoms with Crippen molar-refractivity contribution in [1.29, 1.82) is 0 Å². The van der Waals surface area contributed by atoms with Crippen LogP contribution >= 0.6 is 12.4 Å². The normalized spacial score (nSPS) is 20.3. The van der Waals surface area contributed by atoms with Gasteiger partial charge in [-0.15, -0.1) is 12.4 Å². The molecule has 2 aromatic rings. The van der Waals surface area contributed by atoms with Gasteiger partial charge in [0.15, 0.2) is 0 Å². The number of benzene rings is 2. The van der Waals surface area contributed by atoms with Gasteiger partial charge in [-0.3, -0.25) is 9.59 Å². The van der Waals surface area contributed by atoms with Crippen LogP contribution in [0.3, 0.4) is 0 Å². The fourth-order valence-corrected chi connectivity index (χ4v) is 5.47. The third kappa shape index (κ3) is 9.10. The first-order valence-electron chi connectivity index (χ1n) is 13.5. The van der Waals surface area contributed by atoms with Crippen LogP contribution in [0.5, 0.6) is 0 Å². The first-order valence-corrected chi connectivity index (χ1v) is 13.5. The van der Waals surface area contributed by atoms with E-state index in [1.54, 1.807) is 0 Å². The van der Waals surface area contributed by atoms with Crippen LogP contribution in [0.15, 0.2) is 48.5 Å². The number of piperidine rings is 1. The molecule has 1 heterocycles. The monoisotopic (exact) mass is 606 g/mol. The molecule has 4 rings (SSSR count). The number of amides is 1. The SMILES string of the molecule is Cl.O=C(CN[C@H]1CCN(C(=O)c2cc(C(F)(F)F)cc(C(F)(F)F)c2)[C@H](Cc2ccccc2)C1)OC1CCCCC1. The van der Waals surface area contributed by atoms with Crippen LogP contribution in [0.2, 0.25) is 0 Å². The lowest BCUT2D eigenvalue weighted by Crippen LogP contribution is -2.52. The van der Waals surface area contributed by atoms with E-state index in [1.807, 2.05) is 30.3 Å². The van der Waals surface area contributed by atoms with Gasteiger partial charge in [0.05, 0.1) is 17.7 Å². The molecule has 0 aromatic heterocycles. The Labute approximate surface area is 241 Å². The molecule has 2 aliphatic rings. The molecule has 0 spiro atoms. The van der Waals surface area contributed by atoms with Gasteiger partial charge in [-0.25, -0.2) is 0 Å².